The van der Waals surface area contributed by atoms with Gasteiger partial charge in [0.1, 0.15) is 18.5 Å². The van der Waals surface area contributed by atoms with Gasteiger partial charge in [0.15, 0.2) is 11.5 Å². The van der Waals surface area contributed by atoms with Crippen LogP contribution in [0.2, 0.25) is 0 Å². The summed E-state index contributed by atoms with van der Waals surface area (Å²) < 4.78 is 5.25. The maximum Gasteiger partial charge on any atom is 0.194 e. The van der Waals surface area contributed by atoms with Crippen LogP contribution in [0, 0.1) is 6.20 Å². The first-order valence-corrected chi connectivity index (χ1v) is 4.11. The summed E-state index contributed by atoms with van der Waals surface area (Å²) >= 11 is 0. The Hall–Kier alpha value is -1.91. The largest absolute Gasteiger partial charge is 0.456 e. The number of Topliss-reactive ketones (excluding diaryl/α,β-unsaturated/α-hetero) is 1. The van der Waals surface area contributed by atoms with E-state index in [1.807, 2.05) is 0 Å². The third kappa shape index (κ3) is 1.71. The van der Waals surface area contributed by atoms with Crippen LogP contribution in [-0.4, -0.2) is 20.8 Å². The van der Waals surface area contributed by atoms with Crippen LogP contribution >= 0.6 is 0 Å². The summed E-state index contributed by atoms with van der Waals surface area (Å²) in [6.45, 7) is 1.87. The molecule has 0 aliphatic carbocycles. The van der Waals surface area contributed by atoms with Crippen molar-refractivity contribution in [3.05, 3.63) is 36.0 Å². The first-order valence-electron chi connectivity index (χ1n) is 4.11. The fourth-order valence-electron chi connectivity index (χ4n) is 1.08. The van der Waals surface area contributed by atoms with E-state index in [0.29, 0.717) is 18.1 Å². The molecule has 0 spiro atoms. The van der Waals surface area contributed by atoms with Crippen molar-refractivity contribution in [2.75, 3.05) is 0 Å². The molecule has 14 heavy (non-hydrogen) atoms. The Balaban J connectivity index is 2.14. The van der Waals surface area contributed by atoms with E-state index in [0.717, 1.165) is 0 Å². The highest BCUT2D eigenvalue weighted by atomic mass is 16.3. The maximum absolute atomic E-state index is 10.9. The average molecular weight is 190 g/mol. The SMILES string of the molecule is CC(=O)c1ccc(Cn2n[c]cn2)o1. The van der Waals surface area contributed by atoms with E-state index in [1.54, 1.807) is 12.1 Å². The van der Waals surface area contributed by atoms with Crippen molar-refractivity contribution in [3.8, 4) is 0 Å². The quantitative estimate of drug-likeness (QED) is 0.675. The molecule has 2 rings (SSSR count). The van der Waals surface area contributed by atoms with Crippen LogP contribution in [0.3, 0.4) is 0 Å². The van der Waals surface area contributed by atoms with Gasteiger partial charge < -0.3 is 4.42 Å². The minimum Gasteiger partial charge on any atom is -0.456 e. The number of carbonyl (C=O) groups is 1. The van der Waals surface area contributed by atoms with Crippen LogP contribution < -0.4 is 0 Å². The molecule has 5 heteroatoms. The zero-order valence-corrected chi connectivity index (χ0v) is 7.60. The standard InChI is InChI=1S/C9H8N3O2/c1-7(13)9-3-2-8(14-9)6-12-10-4-5-11-12/h2-4H,6H2,1H3. The van der Waals surface area contributed by atoms with E-state index in [1.165, 1.54) is 17.9 Å². The smallest absolute Gasteiger partial charge is 0.194 e. The molecule has 0 saturated heterocycles. The molecule has 0 aliphatic heterocycles. The van der Waals surface area contributed by atoms with Crippen LogP contribution in [0.4, 0.5) is 0 Å². The molecule has 2 heterocycles. The van der Waals surface area contributed by atoms with Crippen molar-refractivity contribution >= 4 is 5.78 Å². The fourth-order valence-corrected chi connectivity index (χ4v) is 1.08. The number of ketones is 1. The Bertz CT molecular complexity index is 431. The summed E-state index contributed by atoms with van der Waals surface area (Å²) in [5.74, 6) is 0.923. The normalized spacial score (nSPS) is 10.4. The number of hydrogen-bond acceptors (Lipinski definition) is 4. The van der Waals surface area contributed by atoms with Crippen molar-refractivity contribution < 1.29 is 9.21 Å². The molecule has 0 atom stereocenters. The molecule has 0 aliphatic rings. The van der Waals surface area contributed by atoms with E-state index in [-0.39, 0.29) is 5.78 Å². The van der Waals surface area contributed by atoms with E-state index in [2.05, 4.69) is 16.4 Å². The molecular formula is C9H8N3O2. The van der Waals surface area contributed by atoms with Gasteiger partial charge in [0.25, 0.3) is 0 Å². The molecule has 0 N–H and O–H groups in total. The molecule has 0 amide bonds. The zero-order chi connectivity index (χ0) is 9.97. The molecule has 0 saturated carbocycles. The predicted octanol–water partition coefficient (Wildman–Crippen LogP) is 0.922. The first kappa shape index (κ1) is 8.68. The number of aromatic nitrogens is 3. The van der Waals surface area contributed by atoms with E-state index in [9.17, 15) is 4.79 Å². The topological polar surface area (TPSA) is 60.9 Å². The van der Waals surface area contributed by atoms with Gasteiger partial charge in [-0.1, -0.05) is 0 Å². The van der Waals surface area contributed by atoms with Crippen LogP contribution in [-0.2, 0) is 6.54 Å². The van der Waals surface area contributed by atoms with Gasteiger partial charge in [-0.25, -0.2) is 0 Å². The molecule has 1 radical (unpaired) electrons. The highest BCUT2D eigenvalue weighted by Gasteiger charge is 2.06. The average Bonchev–Trinajstić information content (AvgIpc) is 2.75. The summed E-state index contributed by atoms with van der Waals surface area (Å²) in [6.07, 6.45) is 4.04. The van der Waals surface area contributed by atoms with Crippen molar-refractivity contribution in [1.82, 2.24) is 15.0 Å². The van der Waals surface area contributed by atoms with Gasteiger partial charge >= 0.3 is 0 Å². The van der Waals surface area contributed by atoms with Gasteiger partial charge in [-0.15, -0.1) is 0 Å². The molecule has 0 aromatic carbocycles. The van der Waals surface area contributed by atoms with E-state index < -0.39 is 0 Å². The van der Waals surface area contributed by atoms with Crippen molar-refractivity contribution in [2.45, 2.75) is 13.5 Å². The number of nitrogens with zero attached hydrogens (tertiary/aromatic N) is 3. The second-order valence-electron chi connectivity index (χ2n) is 2.83. The maximum atomic E-state index is 10.9. The van der Waals surface area contributed by atoms with Gasteiger partial charge in [0, 0.05) is 6.92 Å². The van der Waals surface area contributed by atoms with Crippen LogP contribution in [0.15, 0.2) is 22.7 Å². The summed E-state index contributed by atoms with van der Waals surface area (Å²) in [4.78, 5) is 12.4. The lowest BCUT2D eigenvalue weighted by atomic mass is 10.3. The van der Waals surface area contributed by atoms with Crippen LogP contribution in [0.5, 0.6) is 0 Å². The van der Waals surface area contributed by atoms with E-state index in [4.69, 9.17) is 4.42 Å². The fraction of sp³-hybridized carbons (Fsp3) is 0.222. The van der Waals surface area contributed by atoms with Gasteiger partial charge in [0.2, 0.25) is 0 Å². The highest BCUT2D eigenvalue weighted by Crippen LogP contribution is 2.08. The van der Waals surface area contributed by atoms with Crippen molar-refractivity contribution in [2.24, 2.45) is 0 Å². The van der Waals surface area contributed by atoms with Gasteiger partial charge in [-0.05, 0) is 12.1 Å². The minimum absolute atomic E-state index is 0.0868. The number of hydrogen-bond donors (Lipinski definition) is 0. The lowest BCUT2D eigenvalue weighted by Crippen LogP contribution is -2.02. The summed E-state index contributed by atoms with van der Waals surface area (Å²) in [5, 5.41) is 7.67. The van der Waals surface area contributed by atoms with Gasteiger partial charge in [0.05, 0.1) is 6.20 Å². The molecule has 2 aromatic heterocycles. The van der Waals surface area contributed by atoms with Crippen molar-refractivity contribution in [3.63, 3.8) is 0 Å². The molecule has 0 unspecified atom stereocenters. The zero-order valence-electron chi connectivity index (χ0n) is 7.60. The van der Waals surface area contributed by atoms with Crippen LogP contribution in [0.25, 0.3) is 0 Å². The predicted molar refractivity (Wildman–Crippen MR) is 46.7 cm³/mol. The Morgan fingerprint density at radius 1 is 1.64 bits per heavy atom. The monoisotopic (exact) mass is 190 g/mol. The Labute approximate surface area is 80.3 Å². The molecule has 2 aromatic rings. The number of rotatable bonds is 3. The second-order valence-corrected chi connectivity index (χ2v) is 2.83. The Kier molecular flexibility index (Phi) is 2.14. The van der Waals surface area contributed by atoms with E-state index >= 15 is 0 Å². The molecule has 0 bridgehead atoms. The Morgan fingerprint density at radius 3 is 3.07 bits per heavy atom. The first-order chi connectivity index (χ1) is 6.75. The second kappa shape index (κ2) is 3.45. The lowest BCUT2D eigenvalue weighted by molar-refractivity contribution is 0.0985. The van der Waals surface area contributed by atoms with Crippen molar-refractivity contribution in [1.29, 1.82) is 0 Å². The number of carbonyl (C=O) groups excluding carboxylic acids is 1. The molecule has 0 fully saturated rings. The molecule has 5 nitrogen and oxygen atoms in total. The lowest BCUT2D eigenvalue weighted by Gasteiger charge is -1.94. The summed E-state index contributed by atoms with van der Waals surface area (Å²) in [7, 11) is 0. The number of furan rings is 1. The highest BCUT2D eigenvalue weighted by molar-refractivity contribution is 5.91. The molecule has 71 valence electrons. The van der Waals surface area contributed by atoms with Gasteiger partial charge in [-0.2, -0.15) is 15.0 Å². The third-order valence-corrected chi connectivity index (χ3v) is 1.73. The molecular weight excluding hydrogens is 182 g/mol. The minimum atomic E-state index is -0.0868. The Morgan fingerprint density at radius 2 is 2.50 bits per heavy atom. The van der Waals surface area contributed by atoms with Gasteiger partial charge in [-0.3, -0.25) is 4.79 Å². The van der Waals surface area contributed by atoms with Crippen LogP contribution in [0.1, 0.15) is 23.2 Å². The summed E-state index contributed by atoms with van der Waals surface area (Å²) in [5.41, 5.74) is 0. The summed E-state index contributed by atoms with van der Waals surface area (Å²) in [6, 6.07) is 3.38. The third-order valence-electron chi connectivity index (χ3n) is 1.73.